The minimum absolute atomic E-state index is 0.0592. The Morgan fingerprint density at radius 3 is 2.25 bits per heavy atom. The van der Waals surface area contributed by atoms with Crippen molar-refractivity contribution in [2.45, 2.75) is 18.2 Å². The van der Waals surface area contributed by atoms with Crippen molar-refractivity contribution >= 4 is 21.6 Å². The number of halogens is 1. The standard InChI is InChI=1S/C24H25FN2O4S/c1-2-31-22-12-14-23(15-13-22)32(29,30)27(21-6-4-3-5-7-21)18-24(28)26-17-16-19-8-10-20(25)11-9-19/h3-15H,2,16-18H2,1H3,(H,26,28). The maximum Gasteiger partial charge on any atom is 0.264 e. The second kappa shape index (κ2) is 10.8. The van der Waals surface area contributed by atoms with Crippen LogP contribution in [0.5, 0.6) is 5.75 Å². The van der Waals surface area contributed by atoms with Gasteiger partial charge in [0.25, 0.3) is 10.0 Å². The zero-order valence-electron chi connectivity index (χ0n) is 17.7. The van der Waals surface area contributed by atoms with Crippen molar-refractivity contribution in [3.8, 4) is 5.75 Å². The predicted octanol–water partition coefficient (Wildman–Crippen LogP) is 3.78. The molecular formula is C24H25FN2O4S. The average Bonchev–Trinajstić information content (AvgIpc) is 2.80. The van der Waals surface area contributed by atoms with Gasteiger partial charge in [0.1, 0.15) is 18.1 Å². The molecule has 6 nitrogen and oxygen atoms in total. The Kier molecular flexibility index (Phi) is 7.83. The summed E-state index contributed by atoms with van der Waals surface area (Å²) in [6, 6.07) is 20.6. The minimum atomic E-state index is -3.99. The third-order valence-corrected chi connectivity index (χ3v) is 6.49. The number of rotatable bonds is 10. The molecule has 3 aromatic carbocycles. The zero-order chi connectivity index (χ0) is 23.0. The summed E-state index contributed by atoms with van der Waals surface area (Å²) in [4.78, 5) is 12.7. The van der Waals surface area contributed by atoms with Crippen LogP contribution in [-0.2, 0) is 21.2 Å². The van der Waals surface area contributed by atoms with E-state index in [4.69, 9.17) is 4.74 Å². The van der Waals surface area contributed by atoms with Gasteiger partial charge in [-0.25, -0.2) is 12.8 Å². The van der Waals surface area contributed by atoms with Gasteiger partial charge >= 0.3 is 0 Å². The predicted molar refractivity (Wildman–Crippen MR) is 122 cm³/mol. The molecule has 0 spiro atoms. The lowest BCUT2D eigenvalue weighted by atomic mass is 10.1. The molecule has 0 heterocycles. The molecule has 1 amide bonds. The van der Waals surface area contributed by atoms with Crippen LogP contribution in [-0.4, -0.2) is 34.0 Å². The topological polar surface area (TPSA) is 75.7 Å². The third-order valence-electron chi connectivity index (χ3n) is 4.70. The molecule has 1 N–H and O–H groups in total. The molecule has 0 unspecified atom stereocenters. The Labute approximate surface area is 187 Å². The van der Waals surface area contributed by atoms with Crippen LogP contribution in [0.2, 0.25) is 0 Å². The number of amides is 1. The number of anilines is 1. The van der Waals surface area contributed by atoms with Crippen LogP contribution in [0.3, 0.4) is 0 Å². The first-order valence-corrected chi connectivity index (χ1v) is 11.7. The minimum Gasteiger partial charge on any atom is -0.494 e. The van der Waals surface area contributed by atoms with Gasteiger partial charge in [0.05, 0.1) is 17.2 Å². The molecule has 0 atom stereocenters. The number of benzene rings is 3. The summed E-state index contributed by atoms with van der Waals surface area (Å²) in [7, 11) is -3.99. The van der Waals surface area contributed by atoms with Crippen molar-refractivity contribution in [3.05, 3.63) is 90.2 Å². The van der Waals surface area contributed by atoms with Crippen LogP contribution in [0.25, 0.3) is 0 Å². The second-order valence-corrected chi connectivity index (χ2v) is 8.84. The highest BCUT2D eigenvalue weighted by Gasteiger charge is 2.27. The normalized spacial score (nSPS) is 11.1. The number of hydrogen-bond acceptors (Lipinski definition) is 4. The van der Waals surface area contributed by atoms with Gasteiger partial charge < -0.3 is 10.1 Å². The molecule has 0 fully saturated rings. The van der Waals surface area contributed by atoms with Gasteiger partial charge in [-0.15, -0.1) is 0 Å². The van der Waals surface area contributed by atoms with Gasteiger partial charge in [-0.2, -0.15) is 0 Å². The fourth-order valence-corrected chi connectivity index (χ4v) is 4.52. The Morgan fingerprint density at radius 1 is 0.969 bits per heavy atom. The molecule has 8 heteroatoms. The number of nitrogens with zero attached hydrogens (tertiary/aromatic N) is 1. The molecule has 0 aliphatic carbocycles. The Balaban J connectivity index is 1.74. The highest BCUT2D eigenvalue weighted by atomic mass is 32.2. The van der Waals surface area contributed by atoms with Crippen molar-refractivity contribution in [2.75, 3.05) is 24.0 Å². The second-order valence-electron chi connectivity index (χ2n) is 6.98. The van der Waals surface area contributed by atoms with E-state index in [1.54, 1.807) is 54.6 Å². The highest BCUT2D eigenvalue weighted by molar-refractivity contribution is 7.92. The summed E-state index contributed by atoms with van der Waals surface area (Å²) in [5.74, 6) is -0.197. The first kappa shape index (κ1) is 23.3. The van der Waals surface area contributed by atoms with Crippen LogP contribution < -0.4 is 14.4 Å². The quantitative estimate of drug-likeness (QED) is 0.504. The van der Waals surface area contributed by atoms with Gasteiger partial charge in [0.2, 0.25) is 5.91 Å². The lowest BCUT2D eigenvalue weighted by molar-refractivity contribution is -0.119. The third kappa shape index (κ3) is 6.07. The van der Waals surface area contributed by atoms with Crippen LogP contribution in [0.1, 0.15) is 12.5 Å². The zero-order valence-corrected chi connectivity index (χ0v) is 18.5. The molecule has 0 bridgehead atoms. The number of sulfonamides is 1. The first-order chi connectivity index (χ1) is 15.4. The Morgan fingerprint density at radius 2 is 1.62 bits per heavy atom. The van der Waals surface area contributed by atoms with Gasteiger partial charge in [-0.1, -0.05) is 30.3 Å². The maximum atomic E-state index is 13.3. The van der Waals surface area contributed by atoms with E-state index in [0.717, 1.165) is 9.87 Å². The molecule has 0 aliphatic rings. The lowest BCUT2D eigenvalue weighted by Crippen LogP contribution is -2.41. The van der Waals surface area contributed by atoms with E-state index >= 15 is 0 Å². The monoisotopic (exact) mass is 456 g/mol. The number of ether oxygens (including phenoxy) is 1. The summed E-state index contributed by atoms with van der Waals surface area (Å²) in [5, 5.41) is 2.74. The van der Waals surface area contributed by atoms with Gasteiger partial charge in [0, 0.05) is 6.54 Å². The number of para-hydroxylation sites is 1. The Bertz CT molecular complexity index is 1120. The summed E-state index contributed by atoms with van der Waals surface area (Å²) in [6.07, 6.45) is 0.503. The maximum absolute atomic E-state index is 13.3. The van der Waals surface area contributed by atoms with E-state index < -0.39 is 15.9 Å². The molecule has 0 aliphatic heterocycles. The molecule has 0 aromatic heterocycles. The molecule has 32 heavy (non-hydrogen) atoms. The van der Waals surface area contributed by atoms with E-state index in [-0.39, 0.29) is 17.3 Å². The van der Waals surface area contributed by atoms with E-state index in [1.165, 1.54) is 24.3 Å². The molecule has 3 rings (SSSR count). The lowest BCUT2D eigenvalue weighted by Gasteiger charge is -2.24. The molecule has 0 radical (unpaired) electrons. The molecule has 168 valence electrons. The first-order valence-electron chi connectivity index (χ1n) is 10.2. The Hall–Kier alpha value is -3.39. The smallest absolute Gasteiger partial charge is 0.264 e. The van der Waals surface area contributed by atoms with Crippen molar-refractivity contribution in [3.63, 3.8) is 0 Å². The molecule has 0 saturated carbocycles. The number of carbonyl (C=O) groups excluding carboxylic acids is 1. The average molecular weight is 457 g/mol. The van der Waals surface area contributed by atoms with Crippen molar-refractivity contribution < 1.29 is 22.3 Å². The number of nitrogens with one attached hydrogen (secondary N) is 1. The fraction of sp³-hybridized carbons (Fsp3) is 0.208. The van der Waals surface area contributed by atoms with Crippen LogP contribution in [0.15, 0.2) is 83.8 Å². The van der Waals surface area contributed by atoms with Gasteiger partial charge in [-0.3, -0.25) is 9.10 Å². The molecule has 3 aromatic rings. The van der Waals surface area contributed by atoms with E-state index in [1.807, 2.05) is 6.92 Å². The summed E-state index contributed by atoms with van der Waals surface area (Å²) in [6.45, 7) is 2.25. The van der Waals surface area contributed by atoms with Crippen molar-refractivity contribution in [1.82, 2.24) is 5.32 Å². The number of carbonyl (C=O) groups is 1. The van der Waals surface area contributed by atoms with E-state index in [9.17, 15) is 17.6 Å². The summed E-state index contributed by atoms with van der Waals surface area (Å²) >= 11 is 0. The van der Waals surface area contributed by atoms with Crippen LogP contribution >= 0.6 is 0 Å². The largest absolute Gasteiger partial charge is 0.494 e. The summed E-state index contributed by atoms with van der Waals surface area (Å²) < 4.78 is 46.1. The summed E-state index contributed by atoms with van der Waals surface area (Å²) in [5.41, 5.74) is 1.25. The van der Waals surface area contributed by atoms with Crippen molar-refractivity contribution in [2.24, 2.45) is 0 Å². The fourth-order valence-electron chi connectivity index (χ4n) is 3.09. The van der Waals surface area contributed by atoms with Crippen LogP contribution in [0.4, 0.5) is 10.1 Å². The van der Waals surface area contributed by atoms with E-state index in [2.05, 4.69) is 5.32 Å². The van der Waals surface area contributed by atoms with E-state index in [0.29, 0.717) is 31.0 Å². The van der Waals surface area contributed by atoms with Gasteiger partial charge in [-0.05, 0) is 67.4 Å². The number of hydrogen-bond donors (Lipinski definition) is 1. The molecular weight excluding hydrogens is 431 g/mol. The van der Waals surface area contributed by atoms with Crippen LogP contribution in [0, 0.1) is 5.82 Å². The van der Waals surface area contributed by atoms with Crippen molar-refractivity contribution in [1.29, 1.82) is 0 Å². The molecule has 0 saturated heterocycles. The highest BCUT2D eigenvalue weighted by Crippen LogP contribution is 2.25. The SMILES string of the molecule is CCOc1ccc(S(=O)(=O)N(CC(=O)NCCc2ccc(F)cc2)c2ccccc2)cc1. The van der Waals surface area contributed by atoms with Gasteiger partial charge in [0.15, 0.2) is 0 Å².